The Labute approximate surface area is 364 Å². The van der Waals surface area contributed by atoms with Crippen LogP contribution in [0.25, 0.3) is 54.6 Å². The van der Waals surface area contributed by atoms with E-state index in [0.717, 1.165) is 88.9 Å². The first kappa shape index (κ1) is 37.0. The minimum absolute atomic E-state index is 0.302. The number of fused-ring (bicyclic) bond motifs is 5. The molecular weight excluding hydrogens is 773 g/mol. The topological polar surface area (TPSA) is 86.0 Å². The van der Waals surface area contributed by atoms with Crippen LogP contribution < -0.4 is 21.3 Å². The lowest BCUT2D eigenvalue weighted by Crippen LogP contribution is -2.46. The third-order valence-corrected chi connectivity index (χ3v) is 12.4. The zero-order valence-electron chi connectivity index (χ0n) is 34.2. The van der Waals surface area contributed by atoms with Crippen molar-refractivity contribution in [2.45, 2.75) is 24.7 Å². The van der Waals surface area contributed by atoms with Gasteiger partial charge in [0.2, 0.25) is 0 Å². The average molecular weight is 815 g/mol. The summed E-state index contributed by atoms with van der Waals surface area (Å²) < 4.78 is 6.45. The largest absolute Gasteiger partial charge is 0.456 e. The molecule has 0 saturated heterocycles. The van der Waals surface area contributed by atoms with Gasteiger partial charge in [-0.15, -0.1) is 0 Å². The molecule has 2 aliphatic rings. The van der Waals surface area contributed by atoms with Crippen LogP contribution in [0.4, 0.5) is 0 Å². The highest BCUT2D eigenvalue weighted by Gasteiger charge is 2.30. The fraction of sp³-hybridized carbons (Fsp3) is 0.0714. The van der Waals surface area contributed by atoms with Crippen LogP contribution in [0.5, 0.6) is 0 Å². The van der Waals surface area contributed by atoms with Gasteiger partial charge < -0.3 is 15.1 Å². The van der Waals surface area contributed by atoms with Crippen LogP contribution in [-0.4, -0.2) is 11.7 Å². The quantitative estimate of drug-likeness (QED) is 0.129. The summed E-state index contributed by atoms with van der Waals surface area (Å²) in [5.74, 6) is 1.67. The van der Waals surface area contributed by atoms with E-state index in [0.29, 0.717) is 0 Å². The molecule has 0 fully saturated rings. The molecule has 9 aromatic carbocycles. The maximum atomic E-state index is 6.45. The van der Waals surface area contributed by atoms with Crippen LogP contribution in [0.3, 0.4) is 0 Å². The third kappa shape index (κ3) is 6.90. The van der Waals surface area contributed by atoms with Crippen LogP contribution in [-0.2, 0) is 0 Å². The van der Waals surface area contributed by atoms with Gasteiger partial charge in [0.25, 0.3) is 0 Å². The molecule has 4 atom stereocenters. The lowest BCUT2D eigenvalue weighted by atomic mass is 9.94. The molecule has 4 N–H and O–H groups in total. The number of para-hydroxylation sites is 1. The van der Waals surface area contributed by atoms with Crippen molar-refractivity contribution in [3.63, 3.8) is 0 Å². The lowest BCUT2D eigenvalue weighted by molar-refractivity contribution is 0.400. The van der Waals surface area contributed by atoms with E-state index < -0.39 is 0 Å². The summed E-state index contributed by atoms with van der Waals surface area (Å²) in [7, 11) is 0. The van der Waals surface area contributed by atoms with E-state index in [-0.39, 0.29) is 24.7 Å². The molecule has 0 spiro atoms. The maximum Gasteiger partial charge on any atom is 0.136 e. The van der Waals surface area contributed by atoms with Crippen molar-refractivity contribution in [1.82, 2.24) is 21.3 Å². The Morgan fingerprint density at radius 3 is 1.40 bits per heavy atom. The van der Waals surface area contributed by atoms with Crippen LogP contribution in [0.2, 0.25) is 0 Å². The molecule has 7 heteroatoms. The van der Waals surface area contributed by atoms with Gasteiger partial charge in [0, 0.05) is 21.9 Å². The molecule has 10 aromatic rings. The number of hydrogen-bond acceptors (Lipinski definition) is 7. The molecule has 302 valence electrons. The second-order valence-electron chi connectivity index (χ2n) is 16.3. The highest BCUT2D eigenvalue weighted by Crippen LogP contribution is 2.37. The van der Waals surface area contributed by atoms with Gasteiger partial charge in [-0.25, -0.2) is 9.98 Å². The molecule has 0 bridgehead atoms. The minimum atomic E-state index is -0.310. The second kappa shape index (κ2) is 15.6. The Morgan fingerprint density at radius 2 is 0.825 bits per heavy atom. The molecule has 4 unspecified atom stereocenters. The van der Waals surface area contributed by atoms with Gasteiger partial charge in [-0.05, 0) is 91.3 Å². The van der Waals surface area contributed by atoms with Gasteiger partial charge in [0.1, 0.15) is 47.5 Å². The normalized spacial score (nSPS) is 18.8. The Kier molecular flexibility index (Phi) is 9.13. The van der Waals surface area contributed by atoms with Crippen molar-refractivity contribution >= 4 is 55.2 Å². The van der Waals surface area contributed by atoms with Gasteiger partial charge in [-0.2, -0.15) is 0 Å². The number of amidine groups is 2. The number of aliphatic imine (C=N–C) groups is 2. The molecule has 1 aromatic heterocycles. The minimum Gasteiger partial charge on any atom is -0.456 e. The summed E-state index contributed by atoms with van der Waals surface area (Å²) in [6.45, 7) is 0. The van der Waals surface area contributed by atoms with Crippen molar-refractivity contribution in [1.29, 1.82) is 0 Å². The molecule has 2 aliphatic heterocycles. The van der Waals surface area contributed by atoms with Crippen molar-refractivity contribution in [2.24, 2.45) is 9.98 Å². The fourth-order valence-corrected chi connectivity index (χ4v) is 9.29. The summed E-state index contributed by atoms with van der Waals surface area (Å²) in [6.07, 6.45) is -1.22. The summed E-state index contributed by atoms with van der Waals surface area (Å²) in [5.41, 5.74) is 10.3. The van der Waals surface area contributed by atoms with Crippen molar-refractivity contribution < 1.29 is 4.42 Å². The smallest absolute Gasteiger partial charge is 0.136 e. The van der Waals surface area contributed by atoms with Gasteiger partial charge in [0.05, 0.1) is 0 Å². The van der Waals surface area contributed by atoms with Crippen molar-refractivity contribution in [3.8, 4) is 11.1 Å². The van der Waals surface area contributed by atoms with Gasteiger partial charge in [0.15, 0.2) is 0 Å². The van der Waals surface area contributed by atoms with E-state index in [1.807, 2.05) is 12.1 Å². The lowest BCUT2D eigenvalue weighted by Gasteiger charge is -2.35. The monoisotopic (exact) mass is 814 g/mol. The SMILES string of the molecule is c1ccc(C2N=C(c3cccc4ccccc34)NC(c3cc(-c4ccc5c(c4)oc4ccccc45)cc(C4NC(c5cccc6ccccc56)=NC(c5ccccc5)N4)c3)N2)cc1. The number of rotatable bonds is 7. The van der Waals surface area contributed by atoms with Gasteiger partial charge in [-0.3, -0.25) is 10.6 Å². The van der Waals surface area contributed by atoms with Crippen molar-refractivity contribution in [2.75, 3.05) is 0 Å². The summed E-state index contributed by atoms with van der Waals surface area (Å²) in [6, 6.07) is 72.6. The van der Waals surface area contributed by atoms with Crippen LogP contribution in [0.15, 0.2) is 221 Å². The standard InChI is InChI=1S/C56H42N6O/c1-3-17-37(18-4-1)51-57-53(61-55(59-51)47-26-13-21-35-15-7-9-23-43(35)47)41-31-40(39-29-30-46-45-25-11-12-28-49(45)63-50(46)34-39)32-42(33-41)54-58-52(38-19-5-2-6-20-38)60-56(62-54)48-27-14-22-36-16-8-10-24-44(36)48/h1-34,51-54,57-58H,(H,59,61)(H,60,62). The van der Waals surface area contributed by atoms with E-state index in [1.54, 1.807) is 0 Å². The molecule has 0 saturated carbocycles. The highest BCUT2D eigenvalue weighted by molar-refractivity contribution is 6.11. The first-order valence-corrected chi connectivity index (χ1v) is 21.5. The van der Waals surface area contributed by atoms with E-state index in [4.69, 9.17) is 14.4 Å². The third-order valence-electron chi connectivity index (χ3n) is 12.4. The second-order valence-corrected chi connectivity index (χ2v) is 16.3. The number of nitrogens with zero attached hydrogens (tertiary/aromatic N) is 2. The van der Waals surface area contributed by atoms with E-state index in [2.05, 4.69) is 215 Å². The summed E-state index contributed by atoms with van der Waals surface area (Å²) in [5, 5.41) is 22.4. The molecule has 7 nitrogen and oxygen atoms in total. The Hall–Kier alpha value is -7.84. The molecule has 63 heavy (non-hydrogen) atoms. The van der Waals surface area contributed by atoms with E-state index >= 15 is 0 Å². The number of furan rings is 1. The van der Waals surface area contributed by atoms with E-state index in [9.17, 15) is 0 Å². The number of benzene rings is 9. The zero-order chi connectivity index (χ0) is 41.7. The predicted molar refractivity (Wildman–Crippen MR) is 257 cm³/mol. The molecular formula is C56H42N6O. The van der Waals surface area contributed by atoms with E-state index in [1.165, 1.54) is 10.8 Å². The van der Waals surface area contributed by atoms with Crippen LogP contribution in [0.1, 0.15) is 58.0 Å². The fourth-order valence-electron chi connectivity index (χ4n) is 9.29. The van der Waals surface area contributed by atoms with Crippen LogP contribution in [0, 0.1) is 0 Å². The number of hydrogen-bond donors (Lipinski definition) is 4. The maximum absolute atomic E-state index is 6.45. The van der Waals surface area contributed by atoms with Crippen LogP contribution >= 0.6 is 0 Å². The first-order chi connectivity index (χ1) is 31.2. The Morgan fingerprint density at radius 1 is 0.349 bits per heavy atom. The zero-order valence-corrected chi connectivity index (χ0v) is 34.2. The molecule has 0 aliphatic carbocycles. The van der Waals surface area contributed by atoms with Gasteiger partial charge in [-0.1, -0.05) is 170 Å². The Balaban J connectivity index is 1.02. The highest BCUT2D eigenvalue weighted by atomic mass is 16.3. The molecule has 0 amide bonds. The van der Waals surface area contributed by atoms with Crippen molar-refractivity contribution in [3.05, 3.63) is 240 Å². The Bertz CT molecular complexity index is 3220. The molecule has 12 rings (SSSR count). The summed E-state index contributed by atoms with van der Waals surface area (Å²) >= 11 is 0. The predicted octanol–water partition coefficient (Wildman–Crippen LogP) is 12.2. The molecule has 3 heterocycles. The van der Waals surface area contributed by atoms with Gasteiger partial charge >= 0.3 is 0 Å². The summed E-state index contributed by atoms with van der Waals surface area (Å²) in [4.78, 5) is 10.7. The molecule has 0 radical (unpaired) electrons. The first-order valence-electron chi connectivity index (χ1n) is 21.5. The average Bonchev–Trinajstić information content (AvgIpc) is 3.74. The number of nitrogens with one attached hydrogen (secondary N) is 4.